The van der Waals surface area contributed by atoms with Crippen molar-refractivity contribution < 1.29 is 0 Å². The highest BCUT2D eigenvalue weighted by molar-refractivity contribution is 5.34. The minimum absolute atomic E-state index is 0.561. The van der Waals surface area contributed by atoms with E-state index in [1.54, 1.807) is 12.4 Å². The van der Waals surface area contributed by atoms with Crippen molar-refractivity contribution in [3.8, 4) is 0 Å². The number of hydrogen-bond donors (Lipinski definition) is 1. The summed E-state index contributed by atoms with van der Waals surface area (Å²) in [7, 11) is 0. The molecule has 2 aromatic heterocycles. The van der Waals surface area contributed by atoms with Crippen molar-refractivity contribution >= 4 is 5.82 Å². The lowest BCUT2D eigenvalue weighted by Crippen LogP contribution is -1.93. The minimum atomic E-state index is 0.561. The minimum Gasteiger partial charge on any atom is -0.384 e. The number of pyridine rings is 2. The number of hydrogen-bond acceptors (Lipinski definition) is 3. The summed E-state index contributed by atoms with van der Waals surface area (Å²) in [6.45, 7) is 0. The van der Waals surface area contributed by atoms with Crippen LogP contribution >= 0.6 is 0 Å². The number of nitrogens with zero attached hydrogens (tertiary/aromatic N) is 2. The Morgan fingerprint density at radius 1 is 1.14 bits per heavy atom. The van der Waals surface area contributed by atoms with Crippen molar-refractivity contribution in [1.82, 2.24) is 9.97 Å². The highest BCUT2D eigenvalue weighted by Crippen LogP contribution is 2.09. The van der Waals surface area contributed by atoms with E-state index >= 15 is 0 Å². The number of rotatable bonds is 2. The Kier molecular flexibility index (Phi) is 2.40. The van der Waals surface area contributed by atoms with Crippen LogP contribution in [0.1, 0.15) is 11.1 Å². The average Bonchev–Trinajstić information content (AvgIpc) is 2.19. The third-order valence-corrected chi connectivity index (χ3v) is 1.98. The van der Waals surface area contributed by atoms with E-state index in [0.717, 1.165) is 12.0 Å². The monoisotopic (exact) mass is 185 g/mol. The van der Waals surface area contributed by atoms with Crippen molar-refractivity contribution in [2.45, 2.75) is 6.42 Å². The van der Waals surface area contributed by atoms with Crippen LogP contribution in [0.3, 0.4) is 0 Å². The molecule has 0 saturated heterocycles. The molecule has 0 aliphatic heterocycles. The maximum Gasteiger partial charge on any atom is 0.123 e. The largest absolute Gasteiger partial charge is 0.384 e. The van der Waals surface area contributed by atoms with Crippen LogP contribution in [0.15, 0.2) is 42.9 Å². The molecule has 2 N–H and O–H groups in total. The summed E-state index contributed by atoms with van der Waals surface area (Å²) >= 11 is 0. The molecule has 2 heterocycles. The molecule has 0 atom stereocenters. The van der Waals surface area contributed by atoms with Gasteiger partial charge in [0.25, 0.3) is 0 Å². The molecule has 70 valence electrons. The molecule has 2 rings (SSSR count). The lowest BCUT2D eigenvalue weighted by atomic mass is 10.1. The number of nitrogen functional groups attached to an aromatic ring is 1. The molecular weight excluding hydrogens is 174 g/mol. The highest BCUT2D eigenvalue weighted by atomic mass is 14.8. The van der Waals surface area contributed by atoms with Crippen LogP contribution in [0, 0.1) is 0 Å². The fraction of sp³-hybridized carbons (Fsp3) is 0.0909. The summed E-state index contributed by atoms with van der Waals surface area (Å²) in [5.74, 6) is 0.561. The Morgan fingerprint density at radius 3 is 2.79 bits per heavy atom. The van der Waals surface area contributed by atoms with Crippen LogP contribution in [0.5, 0.6) is 0 Å². The van der Waals surface area contributed by atoms with E-state index in [1.807, 2.05) is 30.5 Å². The zero-order valence-corrected chi connectivity index (χ0v) is 7.72. The van der Waals surface area contributed by atoms with Crippen molar-refractivity contribution in [3.05, 3.63) is 54.0 Å². The molecule has 0 unspecified atom stereocenters. The number of anilines is 1. The van der Waals surface area contributed by atoms with E-state index in [2.05, 4.69) is 9.97 Å². The molecular formula is C11H11N3. The molecule has 0 saturated carbocycles. The third kappa shape index (κ3) is 2.07. The van der Waals surface area contributed by atoms with Crippen molar-refractivity contribution in [1.29, 1.82) is 0 Å². The highest BCUT2D eigenvalue weighted by Gasteiger charge is 1.96. The van der Waals surface area contributed by atoms with Crippen molar-refractivity contribution in [2.24, 2.45) is 0 Å². The van der Waals surface area contributed by atoms with Crippen molar-refractivity contribution in [3.63, 3.8) is 0 Å². The first-order valence-corrected chi connectivity index (χ1v) is 4.44. The predicted octanol–water partition coefficient (Wildman–Crippen LogP) is 1.65. The smallest absolute Gasteiger partial charge is 0.123 e. The van der Waals surface area contributed by atoms with Crippen LogP contribution < -0.4 is 5.73 Å². The van der Waals surface area contributed by atoms with Gasteiger partial charge in [-0.2, -0.15) is 0 Å². The van der Waals surface area contributed by atoms with Gasteiger partial charge in [-0.05, 0) is 35.7 Å². The second-order valence-corrected chi connectivity index (χ2v) is 3.13. The summed E-state index contributed by atoms with van der Waals surface area (Å²) in [6.07, 6.45) is 6.20. The predicted molar refractivity (Wildman–Crippen MR) is 55.7 cm³/mol. The van der Waals surface area contributed by atoms with Crippen LogP contribution in [0.4, 0.5) is 5.82 Å². The lowest BCUT2D eigenvalue weighted by Gasteiger charge is -2.01. The molecule has 0 amide bonds. The Labute approximate surface area is 82.6 Å². The van der Waals surface area contributed by atoms with Crippen LogP contribution in [0.25, 0.3) is 0 Å². The fourth-order valence-corrected chi connectivity index (χ4v) is 1.34. The maximum absolute atomic E-state index is 5.59. The van der Waals surface area contributed by atoms with E-state index in [-0.39, 0.29) is 0 Å². The first-order chi connectivity index (χ1) is 6.84. The summed E-state index contributed by atoms with van der Waals surface area (Å²) in [5.41, 5.74) is 7.92. The summed E-state index contributed by atoms with van der Waals surface area (Å²) in [4.78, 5) is 8.00. The standard InChI is InChI=1S/C11H11N3/c12-11-7-9(3-5-14-11)6-10-2-1-4-13-8-10/h1-5,7-8H,6H2,(H2,12,14). The van der Waals surface area contributed by atoms with E-state index in [0.29, 0.717) is 5.82 Å². The Morgan fingerprint density at radius 2 is 2.07 bits per heavy atom. The summed E-state index contributed by atoms with van der Waals surface area (Å²) in [6, 6.07) is 7.82. The first kappa shape index (κ1) is 8.69. The van der Waals surface area contributed by atoms with Gasteiger partial charge in [-0.1, -0.05) is 6.07 Å². The maximum atomic E-state index is 5.59. The van der Waals surface area contributed by atoms with Gasteiger partial charge in [0.05, 0.1) is 0 Å². The van der Waals surface area contributed by atoms with Gasteiger partial charge >= 0.3 is 0 Å². The SMILES string of the molecule is Nc1cc(Cc2cccnc2)ccn1. The van der Waals surface area contributed by atoms with E-state index in [1.165, 1.54) is 5.56 Å². The molecule has 0 aromatic carbocycles. The Bertz CT molecular complexity index is 412. The second-order valence-electron chi connectivity index (χ2n) is 3.13. The zero-order valence-electron chi connectivity index (χ0n) is 7.72. The van der Waals surface area contributed by atoms with Crippen LogP contribution in [-0.4, -0.2) is 9.97 Å². The molecule has 0 aliphatic carbocycles. The van der Waals surface area contributed by atoms with Gasteiger partial charge in [0.2, 0.25) is 0 Å². The van der Waals surface area contributed by atoms with Crippen molar-refractivity contribution in [2.75, 3.05) is 5.73 Å². The molecule has 0 bridgehead atoms. The van der Waals surface area contributed by atoms with Crippen LogP contribution in [-0.2, 0) is 6.42 Å². The molecule has 0 spiro atoms. The summed E-state index contributed by atoms with van der Waals surface area (Å²) in [5, 5.41) is 0. The van der Waals surface area contributed by atoms with Gasteiger partial charge < -0.3 is 5.73 Å². The van der Waals surface area contributed by atoms with Gasteiger partial charge in [0, 0.05) is 18.6 Å². The van der Waals surface area contributed by atoms with E-state index < -0.39 is 0 Å². The van der Waals surface area contributed by atoms with Gasteiger partial charge in [-0.15, -0.1) is 0 Å². The van der Waals surface area contributed by atoms with E-state index in [9.17, 15) is 0 Å². The quantitative estimate of drug-likeness (QED) is 0.774. The summed E-state index contributed by atoms with van der Waals surface area (Å²) < 4.78 is 0. The molecule has 0 fully saturated rings. The topological polar surface area (TPSA) is 51.8 Å². The normalized spacial score (nSPS) is 10.0. The molecule has 3 nitrogen and oxygen atoms in total. The van der Waals surface area contributed by atoms with Gasteiger partial charge in [-0.3, -0.25) is 4.98 Å². The molecule has 0 radical (unpaired) electrons. The van der Waals surface area contributed by atoms with Crippen LogP contribution in [0.2, 0.25) is 0 Å². The molecule has 3 heteroatoms. The van der Waals surface area contributed by atoms with Gasteiger partial charge in [0.15, 0.2) is 0 Å². The van der Waals surface area contributed by atoms with E-state index in [4.69, 9.17) is 5.73 Å². The second kappa shape index (κ2) is 3.87. The third-order valence-electron chi connectivity index (χ3n) is 1.98. The first-order valence-electron chi connectivity index (χ1n) is 4.44. The fourth-order valence-electron chi connectivity index (χ4n) is 1.34. The van der Waals surface area contributed by atoms with Gasteiger partial charge in [0.1, 0.15) is 5.82 Å². The lowest BCUT2D eigenvalue weighted by molar-refractivity contribution is 1.13. The molecule has 0 aliphatic rings. The Balaban J connectivity index is 2.19. The number of nitrogens with two attached hydrogens (primary N) is 1. The Hall–Kier alpha value is -1.90. The molecule has 14 heavy (non-hydrogen) atoms. The average molecular weight is 185 g/mol. The zero-order chi connectivity index (χ0) is 9.80. The van der Waals surface area contributed by atoms with Gasteiger partial charge in [-0.25, -0.2) is 4.98 Å². The molecule has 2 aromatic rings. The number of aromatic nitrogens is 2.